The van der Waals surface area contributed by atoms with Gasteiger partial charge in [-0.2, -0.15) is 5.10 Å². The predicted molar refractivity (Wildman–Crippen MR) is 105 cm³/mol. The number of benzene rings is 1. The van der Waals surface area contributed by atoms with E-state index in [-0.39, 0.29) is 18.1 Å². The molecule has 2 aromatic heterocycles. The molecule has 0 unspecified atom stereocenters. The largest absolute Gasteiger partial charge is 0.352 e. The summed E-state index contributed by atoms with van der Waals surface area (Å²) in [6.07, 6.45) is 2.32. The smallest absolute Gasteiger partial charge is 0.220 e. The number of nitrogens with one attached hydrogen (secondary N) is 1. The van der Waals surface area contributed by atoms with Crippen molar-refractivity contribution >= 4 is 21.8 Å². The molecule has 1 aromatic carbocycles. The van der Waals surface area contributed by atoms with Gasteiger partial charge in [0.15, 0.2) is 5.82 Å². The van der Waals surface area contributed by atoms with E-state index in [4.69, 9.17) is 0 Å². The summed E-state index contributed by atoms with van der Waals surface area (Å²) in [5, 5.41) is 7.24. The van der Waals surface area contributed by atoms with Crippen LogP contribution in [0.2, 0.25) is 0 Å². The van der Waals surface area contributed by atoms with Crippen LogP contribution in [0.15, 0.2) is 47.1 Å². The number of amides is 1. The van der Waals surface area contributed by atoms with Gasteiger partial charge in [0, 0.05) is 29.3 Å². The first-order chi connectivity index (χ1) is 12.9. The summed E-state index contributed by atoms with van der Waals surface area (Å²) in [4.78, 5) is 16.4. The summed E-state index contributed by atoms with van der Waals surface area (Å²) in [5.41, 5.74) is 3.38. The lowest BCUT2D eigenvalue weighted by Gasteiger charge is -2.08. The lowest BCUT2D eigenvalue weighted by molar-refractivity contribution is -0.121. The second-order valence-electron chi connectivity index (χ2n) is 6.38. The molecule has 27 heavy (non-hydrogen) atoms. The Balaban J connectivity index is 1.52. The highest BCUT2D eigenvalue weighted by Gasteiger charge is 2.08. The molecule has 0 fully saturated rings. The molecule has 2 heterocycles. The molecule has 0 saturated carbocycles. The van der Waals surface area contributed by atoms with Gasteiger partial charge in [-0.05, 0) is 55.7 Å². The van der Waals surface area contributed by atoms with Crippen molar-refractivity contribution in [2.24, 2.45) is 0 Å². The van der Waals surface area contributed by atoms with Crippen LogP contribution in [-0.4, -0.2) is 20.7 Å². The fourth-order valence-corrected chi connectivity index (χ4v) is 3.10. The van der Waals surface area contributed by atoms with E-state index < -0.39 is 0 Å². The molecule has 0 saturated heterocycles. The van der Waals surface area contributed by atoms with Crippen molar-refractivity contribution < 1.29 is 9.18 Å². The monoisotopic (exact) mass is 430 g/mol. The van der Waals surface area contributed by atoms with Crippen LogP contribution in [0.1, 0.15) is 28.9 Å². The van der Waals surface area contributed by atoms with Crippen molar-refractivity contribution in [2.75, 3.05) is 0 Å². The van der Waals surface area contributed by atoms with Gasteiger partial charge in [0.1, 0.15) is 5.82 Å². The van der Waals surface area contributed by atoms with Gasteiger partial charge in [0.05, 0.1) is 5.69 Å². The van der Waals surface area contributed by atoms with Crippen molar-refractivity contribution in [2.45, 2.75) is 33.2 Å². The Hall–Kier alpha value is -2.54. The average Bonchev–Trinajstić information content (AvgIpc) is 2.98. The molecular weight excluding hydrogens is 411 g/mol. The maximum atomic E-state index is 13.8. The number of nitrogens with zero attached hydrogens (tertiary/aromatic N) is 3. The van der Waals surface area contributed by atoms with Crippen molar-refractivity contribution in [3.63, 3.8) is 0 Å². The Morgan fingerprint density at radius 2 is 2.04 bits per heavy atom. The zero-order valence-electron chi connectivity index (χ0n) is 15.2. The molecule has 1 N–H and O–H groups in total. The lowest BCUT2D eigenvalue weighted by atomic mass is 10.1. The van der Waals surface area contributed by atoms with Gasteiger partial charge in [0.25, 0.3) is 0 Å². The quantitative estimate of drug-likeness (QED) is 0.641. The van der Waals surface area contributed by atoms with E-state index >= 15 is 0 Å². The molecule has 0 radical (unpaired) electrons. The molecule has 0 atom stereocenters. The molecule has 140 valence electrons. The van der Waals surface area contributed by atoms with Crippen LogP contribution in [-0.2, 0) is 17.8 Å². The number of hydrogen-bond donors (Lipinski definition) is 1. The highest BCUT2D eigenvalue weighted by molar-refractivity contribution is 9.10. The van der Waals surface area contributed by atoms with Crippen LogP contribution >= 0.6 is 15.9 Å². The standard InChI is InChI=1S/C20H20BrFN4O/c1-13-9-14(2)26(25-13)19-7-3-15(11-23-19)12-24-20(27)8-5-16-4-6-17(21)10-18(16)22/h3-4,6-7,9-11H,5,8,12H2,1-2H3,(H,24,27). The third-order valence-electron chi connectivity index (χ3n) is 4.16. The molecule has 3 aromatic rings. The fourth-order valence-electron chi connectivity index (χ4n) is 2.77. The molecular formula is C20H20BrFN4O. The Morgan fingerprint density at radius 3 is 2.67 bits per heavy atom. The number of aromatic nitrogens is 3. The highest BCUT2D eigenvalue weighted by Crippen LogP contribution is 2.16. The molecule has 1 amide bonds. The Bertz CT molecular complexity index is 953. The molecule has 3 rings (SSSR count). The Morgan fingerprint density at radius 1 is 1.22 bits per heavy atom. The van der Waals surface area contributed by atoms with Gasteiger partial charge in [-0.25, -0.2) is 14.1 Å². The van der Waals surface area contributed by atoms with E-state index in [9.17, 15) is 9.18 Å². The number of halogens is 2. The van der Waals surface area contributed by atoms with Crippen molar-refractivity contribution in [1.29, 1.82) is 0 Å². The van der Waals surface area contributed by atoms with Crippen LogP contribution in [0.4, 0.5) is 4.39 Å². The maximum absolute atomic E-state index is 13.8. The first-order valence-electron chi connectivity index (χ1n) is 8.61. The van der Waals surface area contributed by atoms with Gasteiger partial charge >= 0.3 is 0 Å². The van der Waals surface area contributed by atoms with Crippen LogP contribution < -0.4 is 5.32 Å². The topological polar surface area (TPSA) is 59.8 Å². The summed E-state index contributed by atoms with van der Waals surface area (Å²) < 4.78 is 16.2. The van der Waals surface area contributed by atoms with Crippen LogP contribution in [0.3, 0.4) is 0 Å². The molecule has 0 aliphatic heterocycles. The summed E-state index contributed by atoms with van der Waals surface area (Å²) in [5.74, 6) is 0.308. The minimum atomic E-state index is -0.305. The van der Waals surface area contributed by atoms with Crippen molar-refractivity contribution in [3.05, 3.63) is 75.4 Å². The highest BCUT2D eigenvalue weighted by atomic mass is 79.9. The maximum Gasteiger partial charge on any atom is 0.220 e. The molecule has 7 heteroatoms. The number of rotatable bonds is 6. The summed E-state index contributed by atoms with van der Waals surface area (Å²) in [7, 11) is 0. The van der Waals surface area contributed by atoms with Crippen LogP contribution in [0.25, 0.3) is 5.82 Å². The zero-order valence-corrected chi connectivity index (χ0v) is 16.8. The van der Waals surface area contributed by atoms with Crippen LogP contribution in [0, 0.1) is 19.7 Å². The van der Waals surface area contributed by atoms with E-state index in [2.05, 4.69) is 31.3 Å². The Kier molecular flexibility index (Phi) is 6.01. The normalized spacial score (nSPS) is 10.8. The summed E-state index contributed by atoms with van der Waals surface area (Å²) in [6, 6.07) is 10.6. The molecule has 0 aliphatic carbocycles. The van der Waals surface area contributed by atoms with Gasteiger partial charge in [-0.1, -0.05) is 28.1 Å². The van der Waals surface area contributed by atoms with E-state index in [1.165, 1.54) is 6.07 Å². The molecule has 5 nitrogen and oxygen atoms in total. The SMILES string of the molecule is Cc1cc(C)n(-c2ccc(CNC(=O)CCc3ccc(Br)cc3F)cn2)n1. The van der Waals surface area contributed by atoms with Gasteiger partial charge in [-0.3, -0.25) is 4.79 Å². The van der Waals surface area contributed by atoms with Crippen molar-refractivity contribution in [1.82, 2.24) is 20.1 Å². The lowest BCUT2D eigenvalue weighted by Crippen LogP contribution is -2.23. The minimum absolute atomic E-state index is 0.125. The Labute approximate surface area is 165 Å². The first kappa shape index (κ1) is 19.2. The van der Waals surface area contributed by atoms with E-state index in [1.807, 2.05) is 32.0 Å². The predicted octanol–water partition coefficient (Wildman–Crippen LogP) is 4.03. The average molecular weight is 431 g/mol. The second-order valence-corrected chi connectivity index (χ2v) is 7.29. The van der Waals surface area contributed by atoms with Crippen molar-refractivity contribution in [3.8, 4) is 5.82 Å². The van der Waals surface area contributed by atoms with Gasteiger partial charge in [-0.15, -0.1) is 0 Å². The fraction of sp³-hybridized carbons (Fsp3) is 0.250. The summed E-state index contributed by atoms with van der Waals surface area (Å²) >= 11 is 3.22. The molecule has 0 bridgehead atoms. The van der Waals surface area contributed by atoms with E-state index in [0.717, 1.165) is 22.8 Å². The van der Waals surface area contributed by atoms with E-state index in [1.54, 1.807) is 23.0 Å². The number of hydrogen-bond acceptors (Lipinski definition) is 3. The zero-order chi connectivity index (χ0) is 19.4. The third-order valence-corrected chi connectivity index (χ3v) is 4.66. The summed E-state index contributed by atoms with van der Waals surface area (Å²) in [6.45, 7) is 4.30. The van der Waals surface area contributed by atoms with Gasteiger partial charge < -0.3 is 5.32 Å². The molecule has 0 spiro atoms. The molecule has 0 aliphatic rings. The minimum Gasteiger partial charge on any atom is -0.352 e. The second kappa shape index (κ2) is 8.43. The number of pyridine rings is 1. The van der Waals surface area contributed by atoms with Crippen LogP contribution in [0.5, 0.6) is 0 Å². The first-order valence-corrected chi connectivity index (χ1v) is 9.41. The number of carbonyl (C=O) groups excluding carboxylic acids is 1. The third kappa shape index (κ3) is 5.01. The van der Waals surface area contributed by atoms with E-state index in [0.29, 0.717) is 23.0 Å². The number of carbonyl (C=O) groups is 1. The van der Waals surface area contributed by atoms with Gasteiger partial charge in [0.2, 0.25) is 5.91 Å². The number of aryl methyl sites for hydroxylation is 3.